The summed E-state index contributed by atoms with van der Waals surface area (Å²) in [6.45, 7) is 0. The predicted octanol–water partition coefficient (Wildman–Crippen LogP) is 3.29. The molecule has 9 heteroatoms. The first-order chi connectivity index (χ1) is 16.4. The highest BCUT2D eigenvalue weighted by Crippen LogP contribution is 2.27. The van der Waals surface area contributed by atoms with E-state index in [-0.39, 0.29) is 18.2 Å². The van der Waals surface area contributed by atoms with Crippen LogP contribution in [-0.4, -0.2) is 52.5 Å². The number of imidazole rings is 1. The van der Waals surface area contributed by atoms with Crippen molar-refractivity contribution in [2.45, 2.75) is 18.9 Å². The average Bonchev–Trinajstić information content (AvgIpc) is 3.25. The highest BCUT2D eigenvalue weighted by Gasteiger charge is 2.23. The second kappa shape index (κ2) is 12.0. The zero-order chi connectivity index (χ0) is 24.5. The van der Waals surface area contributed by atoms with Crippen LogP contribution in [0, 0.1) is 0 Å². The number of anilines is 1. The second-order valence-corrected chi connectivity index (χ2v) is 8.70. The van der Waals surface area contributed by atoms with Crippen LogP contribution in [0.4, 0.5) is 5.69 Å². The van der Waals surface area contributed by atoms with Gasteiger partial charge in [0.2, 0.25) is 5.91 Å². The number of rotatable bonds is 10. The molecule has 8 nitrogen and oxygen atoms in total. The van der Waals surface area contributed by atoms with Crippen LogP contribution < -0.4 is 10.6 Å². The molecule has 0 aliphatic heterocycles. The molecule has 1 aromatic heterocycles. The second-order valence-electron chi connectivity index (χ2n) is 7.71. The SMILES string of the molecule is COC(=O)[C@H](CCSC)NC(=O)c1ccc(NC(=O)Cc2cn(C)cn2)cc1-c1ccccc1. The summed E-state index contributed by atoms with van der Waals surface area (Å²) in [5.74, 6) is -0.381. The molecule has 0 saturated heterocycles. The number of esters is 1. The Morgan fingerprint density at radius 2 is 1.91 bits per heavy atom. The Balaban J connectivity index is 1.85. The lowest BCUT2D eigenvalue weighted by Crippen LogP contribution is -2.42. The van der Waals surface area contributed by atoms with Gasteiger partial charge in [0.1, 0.15) is 6.04 Å². The lowest BCUT2D eigenvalue weighted by Gasteiger charge is -2.18. The number of carbonyl (C=O) groups excluding carboxylic acids is 3. The van der Waals surface area contributed by atoms with Crippen molar-refractivity contribution in [3.63, 3.8) is 0 Å². The van der Waals surface area contributed by atoms with Gasteiger partial charge in [-0.3, -0.25) is 9.59 Å². The highest BCUT2D eigenvalue weighted by molar-refractivity contribution is 7.98. The molecule has 0 saturated carbocycles. The van der Waals surface area contributed by atoms with E-state index < -0.39 is 12.0 Å². The van der Waals surface area contributed by atoms with Crippen molar-refractivity contribution in [1.29, 1.82) is 0 Å². The van der Waals surface area contributed by atoms with Crippen molar-refractivity contribution in [1.82, 2.24) is 14.9 Å². The molecule has 0 unspecified atom stereocenters. The maximum atomic E-state index is 13.2. The molecule has 3 rings (SSSR count). The minimum Gasteiger partial charge on any atom is -0.467 e. The molecular weight excluding hydrogens is 452 g/mol. The third-order valence-electron chi connectivity index (χ3n) is 5.13. The first kappa shape index (κ1) is 25.0. The number of nitrogens with one attached hydrogen (secondary N) is 2. The Kier molecular flexibility index (Phi) is 8.86. The highest BCUT2D eigenvalue weighted by atomic mass is 32.2. The Morgan fingerprint density at radius 1 is 1.15 bits per heavy atom. The lowest BCUT2D eigenvalue weighted by molar-refractivity contribution is -0.142. The molecule has 0 fully saturated rings. The van der Waals surface area contributed by atoms with E-state index in [0.29, 0.717) is 34.7 Å². The summed E-state index contributed by atoms with van der Waals surface area (Å²) in [4.78, 5) is 42.1. The van der Waals surface area contributed by atoms with Crippen molar-refractivity contribution < 1.29 is 19.1 Å². The lowest BCUT2D eigenvalue weighted by atomic mass is 9.98. The number of aryl methyl sites for hydroxylation is 1. The summed E-state index contributed by atoms with van der Waals surface area (Å²) in [5.41, 5.74) is 3.07. The Bertz CT molecular complexity index is 1150. The van der Waals surface area contributed by atoms with Gasteiger partial charge in [0.05, 0.1) is 25.6 Å². The first-order valence-corrected chi connectivity index (χ1v) is 12.1. The number of hydrogen-bond donors (Lipinski definition) is 2. The van der Waals surface area contributed by atoms with Crippen LogP contribution in [0.5, 0.6) is 0 Å². The minimum atomic E-state index is -0.744. The van der Waals surface area contributed by atoms with E-state index in [0.717, 1.165) is 5.56 Å². The van der Waals surface area contributed by atoms with Crippen LogP contribution in [0.25, 0.3) is 11.1 Å². The van der Waals surface area contributed by atoms with Crippen LogP contribution in [-0.2, 0) is 27.8 Å². The number of hydrogen-bond acceptors (Lipinski definition) is 6. The maximum absolute atomic E-state index is 13.2. The summed E-state index contributed by atoms with van der Waals surface area (Å²) in [6, 6.07) is 13.7. The molecular formula is C25H28N4O4S. The van der Waals surface area contributed by atoms with Gasteiger partial charge >= 0.3 is 5.97 Å². The summed E-state index contributed by atoms with van der Waals surface area (Å²) in [5, 5.41) is 5.67. The molecule has 178 valence electrons. The summed E-state index contributed by atoms with van der Waals surface area (Å²) in [6.07, 6.45) is 5.97. The molecule has 0 spiro atoms. The maximum Gasteiger partial charge on any atom is 0.328 e. The van der Waals surface area contributed by atoms with Gasteiger partial charge in [-0.05, 0) is 47.8 Å². The number of aromatic nitrogens is 2. The topological polar surface area (TPSA) is 102 Å². The van der Waals surface area contributed by atoms with Crippen LogP contribution in [0.1, 0.15) is 22.5 Å². The molecule has 1 heterocycles. The van der Waals surface area contributed by atoms with Crippen molar-refractivity contribution >= 4 is 35.2 Å². The standard InChI is InChI=1S/C25H28N4O4S/c1-29-15-19(26-16-29)14-23(30)27-18-9-10-20(21(13-18)17-7-5-4-6-8-17)24(31)28-22(11-12-34-3)25(32)33-2/h4-10,13,15-16,22H,11-12,14H2,1-3H3,(H,27,30)(H,28,31)/t22-/m0/s1. The van der Waals surface area contributed by atoms with E-state index in [2.05, 4.69) is 15.6 Å². The van der Waals surface area contributed by atoms with Gasteiger partial charge in [0.25, 0.3) is 5.91 Å². The molecule has 0 aliphatic carbocycles. The van der Waals surface area contributed by atoms with E-state index in [4.69, 9.17) is 4.74 Å². The van der Waals surface area contributed by atoms with Gasteiger partial charge in [-0.15, -0.1) is 0 Å². The summed E-state index contributed by atoms with van der Waals surface area (Å²) >= 11 is 1.59. The van der Waals surface area contributed by atoms with Crippen molar-refractivity contribution in [2.24, 2.45) is 7.05 Å². The molecule has 0 radical (unpaired) electrons. The van der Waals surface area contributed by atoms with Crippen LogP contribution in [0.2, 0.25) is 0 Å². The monoisotopic (exact) mass is 480 g/mol. The molecule has 0 bridgehead atoms. The molecule has 3 aromatic rings. The fourth-order valence-electron chi connectivity index (χ4n) is 3.47. The van der Waals surface area contributed by atoms with Crippen LogP contribution >= 0.6 is 11.8 Å². The van der Waals surface area contributed by atoms with Crippen LogP contribution in [0.15, 0.2) is 61.1 Å². The number of nitrogens with zero attached hydrogens (tertiary/aromatic N) is 2. The van der Waals surface area contributed by atoms with Crippen molar-refractivity contribution in [2.75, 3.05) is 24.4 Å². The largest absolute Gasteiger partial charge is 0.467 e. The smallest absolute Gasteiger partial charge is 0.328 e. The molecule has 1 atom stereocenters. The van der Waals surface area contributed by atoms with Gasteiger partial charge in [-0.1, -0.05) is 30.3 Å². The number of thioether (sulfide) groups is 1. The van der Waals surface area contributed by atoms with E-state index in [9.17, 15) is 14.4 Å². The zero-order valence-corrected chi connectivity index (χ0v) is 20.2. The van der Waals surface area contributed by atoms with Gasteiger partial charge in [-0.2, -0.15) is 11.8 Å². The molecule has 2 amide bonds. The third-order valence-corrected chi connectivity index (χ3v) is 5.78. The van der Waals surface area contributed by atoms with Gasteiger partial charge in [0, 0.05) is 24.5 Å². The normalized spacial score (nSPS) is 11.5. The van der Waals surface area contributed by atoms with Gasteiger partial charge in [0.15, 0.2) is 0 Å². The fraction of sp³-hybridized carbons (Fsp3) is 0.280. The Hall–Kier alpha value is -3.59. The first-order valence-electron chi connectivity index (χ1n) is 10.7. The molecule has 2 aromatic carbocycles. The number of benzene rings is 2. The molecule has 2 N–H and O–H groups in total. The van der Waals surface area contributed by atoms with E-state index in [1.54, 1.807) is 47.1 Å². The van der Waals surface area contributed by atoms with Crippen LogP contribution in [0.3, 0.4) is 0 Å². The molecule has 34 heavy (non-hydrogen) atoms. The number of amides is 2. The number of ether oxygens (including phenoxy) is 1. The Labute approximate surface area is 203 Å². The van der Waals surface area contributed by atoms with Gasteiger partial charge in [-0.25, -0.2) is 9.78 Å². The summed E-state index contributed by atoms with van der Waals surface area (Å²) < 4.78 is 6.64. The number of carbonyl (C=O) groups is 3. The third kappa shape index (κ3) is 6.71. The van der Waals surface area contributed by atoms with E-state index in [1.165, 1.54) is 7.11 Å². The molecule has 0 aliphatic rings. The van der Waals surface area contributed by atoms with Gasteiger partial charge < -0.3 is 19.9 Å². The minimum absolute atomic E-state index is 0.139. The van der Waals surface area contributed by atoms with Crippen molar-refractivity contribution in [3.05, 3.63) is 72.3 Å². The average molecular weight is 481 g/mol. The zero-order valence-electron chi connectivity index (χ0n) is 19.4. The number of methoxy groups -OCH3 is 1. The quantitative estimate of drug-likeness (QED) is 0.432. The summed E-state index contributed by atoms with van der Waals surface area (Å²) in [7, 11) is 3.15. The Morgan fingerprint density at radius 3 is 2.56 bits per heavy atom. The van der Waals surface area contributed by atoms with E-state index >= 15 is 0 Å². The van der Waals surface area contributed by atoms with E-state index in [1.807, 2.05) is 43.6 Å². The predicted molar refractivity (Wildman–Crippen MR) is 134 cm³/mol. The fourth-order valence-corrected chi connectivity index (χ4v) is 3.94. The van der Waals surface area contributed by atoms with Crippen molar-refractivity contribution in [3.8, 4) is 11.1 Å².